The van der Waals surface area contributed by atoms with Gasteiger partial charge in [-0.05, 0) is 7.05 Å². The maximum Gasteiger partial charge on any atom is 0.111 e. The first-order valence-corrected chi connectivity index (χ1v) is 5.98. The van der Waals surface area contributed by atoms with E-state index in [4.69, 9.17) is 4.74 Å². The fraction of sp³-hybridized carbons (Fsp3) is 0.750. The zero-order valence-corrected chi connectivity index (χ0v) is 10.4. The number of morpholine rings is 1. The Bertz CT molecular complexity index is 335. The van der Waals surface area contributed by atoms with Crippen molar-refractivity contribution < 1.29 is 4.74 Å². The second kappa shape index (κ2) is 4.97. The normalized spacial score (nSPS) is 22.9. The van der Waals surface area contributed by atoms with Crippen LogP contribution >= 0.6 is 0 Å². The van der Waals surface area contributed by atoms with Crippen molar-refractivity contribution in [3.63, 3.8) is 0 Å². The van der Waals surface area contributed by atoms with Crippen LogP contribution < -0.4 is 0 Å². The van der Waals surface area contributed by atoms with E-state index >= 15 is 0 Å². The van der Waals surface area contributed by atoms with E-state index in [9.17, 15) is 0 Å². The smallest absolute Gasteiger partial charge is 0.111 e. The van der Waals surface area contributed by atoms with Crippen LogP contribution in [0.1, 0.15) is 25.6 Å². The molecule has 90 valence electrons. The van der Waals surface area contributed by atoms with Gasteiger partial charge in [-0.25, -0.2) is 4.98 Å². The molecule has 0 saturated carbocycles. The standard InChI is InChI=1S/C12H21N3O/c1-10(2)12-13-4-5-15(12)9-11-8-14(3)6-7-16-11/h4-5,10-11H,6-9H2,1-3H3. The zero-order chi connectivity index (χ0) is 11.5. The van der Waals surface area contributed by atoms with Gasteiger partial charge in [-0.3, -0.25) is 0 Å². The molecule has 0 aliphatic carbocycles. The quantitative estimate of drug-likeness (QED) is 0.774. The van der Waals surface area contributed by atoms with Gasteiger partial charge in [-0.2, -0.15) is 0 Å². The Kier molecular flexibility index (Phi) is 3.61. The first-order valence-electron chi connectivity index (χ1n) is 5.98. The van der Waals surface area contributed by atoms with Crippen molar-refractivity contribution in [2.24, 2.45) is 0 Å². The summed E-state index contributed by atoms with van der Waals surface area (Å²) in [5, 5.41) is 0. The van der Waals surface area contributed by atoms with Crippen molar-refractivity contribution in [2.75, 3.05) is 26.7 Å². The van der Waals surface area contributed by atoms with Gasteiger partial charge in [0, 0.05) is 31.4 Å². The van der Waals surface area contributed by atoms with Gasteiger partial charge in [0.25, 0.3) is 0 Å². The third kappa shape index (κ3) is 2.62. The Balaban J connectivity index is 2.00. The molecule has 0 radical (unpaired) electrons. The van der Waals surface area contributed by atoms with Crippen molar-refractivity contribution in [3.8, 4) is 0 Å². The molecule has 1 aromatic heterocycles. The maximum atomic E-state index is 5.77. The zero-order valence-electron chi connectivity index (χ0n) is 10.4. The fourth-order valence-electron chi connectivity index (χ4n) is 2.17. The molecule has 2 heterocycles. The van der Waals surface area contributed by atoms with E-state index < -0.39 is 0 Å². The van der Waals surface area contributed by atoms with Crippen LogP contribution in [0.4, 0.5) is 0 Å². The van der Waals surface area contributed by atoms with Crippen molar-refractivity contribution in [2.45, 2.75) is 32.4 Å². The van der Waals surface area contributed by atoms with Crippen LogP contribution in [-0.4, -0.2) is 47.3 Å². The van der Waals surface area contributed by atoms with E-state index in [1.807, 2.05) is 12.4 Å². The molecule has 1 fully saturated rings. The highest BCUT2D eigenvalue weighted by molar-refractivity contribution is 4.98. The Labute approximate surface area is 97.2 Å². The molecule has 16 heavy (non-hydrogen) atoms. The van der Waals surface area contributed by atoms with Crippen molar-refractivity contribution in [1.82, 2.24) is 14.5 Å². The van der Waals surface area contributed by atoms with Gasteiger partial charge in [0.2, 0.25) is 0 Å². The Hall–Kier alpha value is -0.870. The fourth-order valence-corrected chi connectivity index (χ4v) is 2.17. The van der Waals surface area contributed by atoms with Crippen molar-refractivity contribution >= 4 is 0 Å². The van der Waals surface area contributed by atoms with Gasteiger partial charge < -0.3 is 14.2 Å². The Morgan fingerprint density at radius 1 is 1.56 bits per heavy atom. The number of ether oxygens (including phenoxy) is 1. The summed E-state index contributed by atoms with van der Waals surface area (Å²) in [6, 6.07) is 0. The SMILES string of the molecule is CC(C)c1nccn1CC1CN(C)CCO1. The number of likely N-dealkylation sites (N-methyl/N-ethyl adjacent to an activating group) is 1. The number of hydrogen-bond donors (Lipinski definition) is 0. The average molecular weight is 223 g/mol. The van der Waals surface area contributed by atoms with E-state index in [0.29, 0.717) is 12.0 Å². The lowest BCUT2D eigenvalue weighted by Gasteiger charge is -2.30. The number of imidazole rings is 1. The molecule has 0 spiro atoms. The van der Waals surface area contributed by atoms with Gasteiger partial charge in [-0.15, -0.1) is 0 Å². The largest absolute Gasteiger partial charge is 0.374 e. The Morgan fingerprint density at radius 3 is 3.06 bits per heavy atom. The molecule has 1 saturated heterocycles. The van der Waals surface area contributed by atoms with E-state index in [-0.39, 0.29) is 0 Å². The van der Waals surface area contributed by atoms with Crippen LogP contribution in [0.5, 0.6) is 0 Å². The molecule has 1 unspecified atom stereocenters. The van der Waals surface area contributed by atoms with E-state index in [2.05, 4.69) is 35.3 Å². The average Bonchev–Trinajstić information content (AvgIpc) is 2.66. The van der Waals surface area contributed by atoms with Crippen LogP contribution in [0.2, 0.25) is 0 Å². The third-order valence-corrected chi connectivity index (χ3v) is 3.01. The molecular formula is C12H21N3O. The van der Waals surface area contributed by atoms with Crippen molar-refractivity contribution in [3.05, 3.63) is 18.2 Å². The summed E-state index contributed by atoms with van der Waals surface area (Å²) < 4.78 is 7.98. The number of aromatic nitrogens is 2. The molecule has 1 aliphatic heterocycles. The number of rotatable bonds is 3. The highest BCUT2D eigenvalue weighted by Gasteiger charge is 2.19. The van der Waals surface area contributed by atoms with Gasteiger partial charge in [0.15, 0.2) is 0 Å². The van der Waals surface area contributed by atoms with Crippen LogP contribution in [0.25, 0.3) is 0 Å². The molecular weight excluding hydrogens is 202 g/mol. The highest BCUT2D eigenvalue weighted by Crippen LogP contribution is 2.14. The minimum Gasteiger partial charge on any atom is -0.374 e. The molecule has 4 heteroatoms. The number of nitrogens with zero attached hydrogens (tertiary/aromatic N) is 3. The van der Waals surface area contributed by atoms with E-state index in [1.54, 1.807) is 0 Å². The summed E-state index contributed by atoms with van der Waals surface area (Å²) in [5.74, 6) is 1.62. The number of hydrogen-bond acceptors (Lipinski definition) is 3. The third-order valence-electron chi connectivity index (χ3n) is 3.01. The van der Waals surface area contributed by atoms with E-state index in [0.717, 1.165) is 32.1 Å². The predicted molar refractivity (Wildman–Crippen MR) is 63.6 cm³/mol. The second-order valence-corrected chi connectivity index (χ2v) is 4.85. The van der Waals surface area contributed by atoms with E-state index in [1.165, 1.54) is 0 Å². The van der Waals surface area contributed by atoms with Gasteiger partial charge in [0.05, 0.1) is 19.3 Å². The van der Waals surface area contributed by atoms with Gasteiger partial charge in [-0.1, -0.05) is 13.8 Å². The first-order chi connectivity index (χ1) is 7.66. The Morgan fingerprint density at radius 2 is 2.38 bits per heavy atom. The summed E-state index contributed by atoms with van der Waals surface area (Å²) >= 11 is 0. The molecule has 1 atom stereocenters. The highest BCUT2D eigenvalue weighted by atomic mass is 16.5. The topological polar surface area (TPSA) is 30.3 Å². The van der Waals surface area contributed by atoms with Crippen LogP contribution in [0.3, 0.4) is 0 Å². The molecule has 0 amide bonds. The molecule has 1 aliphatic rings. The van der Waals surface area contributed by atoms with Crippen LogP contribution in [0.15, 0.2) is 12.4 Å². The molecule has 1 aromatic rings. The maximum absolute atomic E-state index is 5.77. The summed E-state index contributed by atoms with van der Waals surface area (Å²) in [6.45, 7) is 8.15. The lowest BCUT2D eigenvalue weighted by atomic mass is 10.2. The monoisotopic (exact) mass is 223 g/mol. The summed E-state index contributed by atoms with van der Waals surface area (Å²) in [5.41, 5.74) is 0. The molecule has 0 aromatic carbocycles. The molecule has 2 rings (SSSR count). The van der Waals surface area contributed by atoms with Crippen LogP contribution in [-0.2, 0) is 11.3 Å². The molecule has 4 nitrogen and oxygen atoms in total. The van der Waals surface area contributed by atoms with Gasteiger partial charge >= 0.3 is 0 Å². The summed E-state index contributed by atoms with van der Waals surface area (Å²) in [4.78, 5) is 6.71. The molecule has 0 N–H and O–H groups in total. The summed E-state index contributed by atoms with van der Waals surface area (Å²) in [7, 11) is 2.15. The molecule has 0 bridgehead atoms. The lowest BCUT2D eigenvalue weighted by molar-refractivity contribution is -0.0278. The first kappa shape index (κ1) is 11.6. The van der Waals surface area contributed by atoms with Crippen molar-refractivity contribution in [1.29, 1.82) is 0 Å². The minimum absolute atomic E-state index is 0.297. The second-order valence-electron chi connectivity index (χ2n) is 4.85. The summed E-state index contributed by atoms with van der Waals surface area (Å²) in [6.07, 6.45) is 4.22. The van der Waals surface area contributed by atoms with Crippen LogP contribution in [0, 0.1) is 0 Å². The lowest BCUT2D eigenvalue weighted by Crippen LogP contribution is -2.42. The van der Waals surface area contributed by atoms with Gasteiger partial charge in [0.1, 0.15) is 5.82 Å². The minimum atomic E-state index is 0.297. The predicted octanol–water partition coefficient (Wildman–Crippen LogP) is 1.34.